The highest BCUT2D eigenvalue weighted by molar-refractivity contribution is 7.92. The lowest BCUT2D eigenvalue weighted by molar-refractivity contribution is 0.597. The van der Waals surface area contributed by atoms with Gasteiger partial charge in [-0.15, -0.1) is 0 Å². The Bertz CT molecular complexity index is 1660. The van der Waals surface area contributed by atoms with Gasteiger partial charge in [-0.05, 0) is 54.4 Å². The maximum atomic E-state index is 13.6. The Morgan fingerprint density at radius 3 is 2.27 bits per heavy atom. The van der Waals surface area contributed by atoms with Gasteiger partial charge in [0.05, 0.1) is 22.1 Å². The number of hydrogen-bond acceptors (Lipinski definition) is 6. The summed E-state index contributed by atoms with van der Waals surface area (Å²) in [5, 5.41) is 4.92. The number of fused-ring (bicyclic) bond motifs is 2. The van der Waals surface area contributed by atoms with E-state index in [9.17, 15) is 8.42 Å². The van der Waals surface area contributed by atoms with Crippen LogP contribution >= 0.6 is 11.6 Å². The van der Waals surface area contributed by atoms with Gasteiger partial charge < -0.3 is 5.73 Å². The molecule has 0 fully saturated rings. The Morgan fingerprint density at radius 2 is 1.58 bits per heavy atom. The molecule has 0 aliphatic carbocycles. The van der Waals surface area contributed by atoms with Crippen LogP contribution in [0.4, 0.5) is 5.82 Å². The molecule has 9 heteroatoms. The van der Waals surface area contributed by atoms with Crippen molar-refractivity contribution in [1.82, 2.24) is 14.6 Å². The van der Waals surface area contributed by atoms with E-state index in [0.29, 0.717) is 16.1 Å². The first-order valence-electron chi connectivity index (χ1n) is 10.0. The van der Waals surface area contributed by atoms with Crippen molar-refractivity contribution in [2.75, 3.05) is 5.73 Å². The van der Waals surface area contributed by atoms with Crippen LogP contribution in [-0.2, 0) is 9.84 Å². The Hall–Kier alpha value is -3.75. The molecule has 5 aromatic rings. The van der Waals surface area contributed by atoms with E-state index >= 15 is 0 Å². The molecule has 0 atom stereocenters. The van der Waals surface area contributed by atoms with Crippen molar-refractivity contribution in [3.8, 4) is 0 Å². The van der Waals surface area contributed by atoms with Crippen LogP contribution in [0, 0.1) is 6.92 Å². The summed E-state index contributed by atoms with van der Waals surface area (Å²) in [6.45, 7) is 1.96. The molecule has 7 nitrogen and oxygen atoms in total. The third-order valence-electron chi connectivity index (χ3n) is 5.32. The highest BCUT2D eigenvalue weighted by Crippen LogP contribution is 2.35. The van der Waals surface area contributed by atoms with Gasteiger partial charge in [-0.1, -0.05) is 48.0 Å². The number of nitrogens with two attached hydrogens (primary N) is 1. The van der Waals surface area contributed by atoms with Gasteiger partial charge in [0.1, 0.15) is 16.2 Å². The van der Waals surface area contributed by atoms with Gasteiger partial charge in [0, 0.05) is 5.02 Å². The average Bonchev–Trinajstić information content (AvgIpc) is 3.08. The predicted octanol–water partition coefficient (Wildman–Crippen LogP) is 4.84. The molecule has 0 amide bonds. The zero-order valence-electron chi connectivity index (χ0n) is 17.5. The molecular weight excluding hydrogens is 458 g/mol. The largest absolute Gasteiger partial charge is 0.382 e. The fraction of sp³-hybridized carbons (Fsp3) is 0.0417. The Balaban J connectivity index is 1.81. The van der Waals surface area contributed by atoms with Crippen LogP contribution in [0.2, 0.25) is 5.02 Å². The number of sulfone groups is 1. The number of halogens is 1. The summed E-state index contributed by atoms with van der Waals surface area (Å²) in [5.41, 5.74) is 9.85. The summed E-state index contributed by atoms with van der Waals surface area (Å²) in [6.07, 6.45) is 1.63. The van der Waals surface area contributed by atoms with Crippen molar-refractivity contribution < 1.29 is 8.42 Å². The van der Waals surface area contributed by atoms with Crippen LogP contribution in [0.15, 0.2) is 87.7 Å². The number of aryl methyl sites for hydroxylation is 1. The van der Waals surface area contributed by atoms with Crippen molar-refractivity contribution in [3.05, 3.63) is 88.9 Å². The van der Waals surface area contributed by atoms with E-state index in [-0.39, 0.29) is 26.8 Å². The van der Waals surface area contributed by atoms with Gasteiger partial charge in [0.15, 0.2) is 5.65 Å². The summed E-state index contributed by atoms with van der Waals surface area (Å²) in [7, 11) is -4.03. The van der Waals surface area contributed by atoms with E-state index in [0.717, 1.165) is 11.1 Å². The molecule has 0 spiro atoms. The molecule has 0 bridgehead atoms. The second-order valence-corrected chi connectivity index (χ2v) is 9.79. The predicted molar refractivity (Wildman–Crippen MR) is 131 cm³/mol. The molecule has 33 heavy (non-hydrogen) atoms. The number of hydrogen-bond donors (Lipinski definition) is 1. The molecule has 0 radical (unpaired) electrons. The van der Waals surface area contributed by atoms with Gasteiger partial charge >= 0.3 is 0 Å². The van der Waals surface area contributed by atoms with E-state index in [4.69, 9.17) is 17.3 Å². The first kappa shape index (κ1) is 21.1. The third kappa shape index (κ3) is 3.63. The number of para-hydroxylation sites is 2. The molecule has 2 N–H and O–H groups in total. The normalized spacial score (nSPS) is 12.2. The maximum Gasteiger partial charge on any atom is 0.212 e. The van der Waals surface area contributed by atoms with Crippen LogP contribution in [0.1, 0.15) is 11.1 Å². The van der Waals surface area contributed by atoms with Gasteiger partial charge in [0.25, 0.3) is 0 Å². The molecule has 164 valence electrons. The zero-order valence-corrected chi connectivity index (χ0v) is 19.0. The Kier molecular flexibility index (Phi) is 5.11. The van der Waals surface area contributed by atoms with Crippen LogP contribution in [-0.4, -0.2) is 29.3 Å². The molecule has 0 aliphatic heterocycles. The first-order chi connectivity index (χ1) is 15.9. The van der Waals surface area contributed by atoms with Gasteiger partial charge in [-0.2, -0.15) is 9.78 Å². The Labute approximate surface area is 195 Å². The number of nitrogens with zero attached hydrogens (tertiary/aromatic N) is 4. The highest BCUT2D eigenvalue weighted by atomic mass is 35.5. The molecule has 0 saturated carbocycles. The number of nitrogen functional groups attached to an aromatic ring is 1. The monoisotopic (exact) mass is 475 g/mol. The van der Waals surface area contributed by atoms with Crippen LogP contribution < -0.4 is 5.73 Å². The minimum atomic E-state index is -4.03. The number of aromatic nitrogens is 3. The fourth-order valence-corrected chi connectivity index (χ4v) is 5.20. The van der Waals surface area contributed by atoms with E-state index in [2.05, 4.69) is 15.1 Å². The van der Waals surface area contributed by atoms with E-state index in [1.54, 1.807) is 18.3 Å². The molecule has 5 rings (SSSR count). The molecular formula is C24H18ClN5O2S. The van der Waals surface area contributed by atoms with Crippen molar-refractivity contribution in [1.29, 1.82) is 0 Å². The highest BCUT2D eigenvalue weighted by Gasteiger charge is 2.30. The maximum absolute atomic E-state index is 13.6. The SMILES string of the molecule is Cc1ccccc1/C=N/n1c(N)c(S(=O)(=O)c2ccc(Cl)cc2)c2nc3ccccc3nc21. The quantitative estimate of drug-likeness (QED) is 0.374. The van der Waals surface area contributed by atoms with Crippen molar-refractivity contribution >= 4 is 55.7 Å². The topological polar surface area (TPSA) is 103 Å². The first-order valence-corrected chi connectivity index (χ1v) is 11.9. The molecule has 2 heterocycles. The molecule has 0 unspecified atom stereocenters. The second-order valence-electron chi connectivity index (χ2n) is 7.47. The number of benzene rings is 3. The van der Waals surface area contributed by atoms with Gasteiger partial charge in [-0.3, -0.25) is 0 Å². The summed E-state index contributed by atoms with van der Waals surface area (Å²) in [4.78, 5) is 9.15. The van der Waals surface area contributed by atoms with E-state index < -0.39 is 9.84 Å². The molecule has 0 saturated heterocycles. The lowest BCUT2D eigenvalue weighted by Crippen LogP contribution is -2.06. The summed E-state index contributed by atoms with van der Waals surface area (Å²) in [6, 6.07) is 20.8. The smallest absolute Gasteiger partial charge is 0.212 e. The zero-order chi connectivity index (χ0) is 23.2. The van der Waals surface area contributed by atoms with Crippen LogP contribution in [0.5, 0.6) is 0 Å². The minimum absolute atomic E-state index is 0.0514. The fourth-order valence-electron chi connectivity index (χ4n) is 3.59. The molecule has 0 aliphatic rings. The molecule has 2 aromatic heterocycles. The third-order valence-corrected chi connectivity index (χ3v) is 7.41. The van der Waals surface area contributed by atoms with Crippen LogP contribution in [0.3, 0.4) is 0 Å². The molecule has 3 aromatic carbocycles. The lowest BCUT2D eigenvalue weighted by atomic mass is 10.1. The van der Waals surface area contributed by atoms with Gasteiger partial charge in [-0.25, -0.2) is 18.4 Å². The van der Waals surface area contributed by atoms with Gasteiger partial charge in [0.2, 0.25) is 9.84 Å². The van der Waals surface area contributed by atoms with E-state index in [1.165, 1.54) is 28.9 Å². The standard InChI is InChI=1S/C24H18ClN5O2S/c1-15-6-2-3-7-16(15)14-27-30-23(26)22(33(31,32)18-12-10-17(25)11-13-18)21-24(30)29-20-9-5-4-8-19(20)28-21/h2-14H,26H2,1H3/b27-14+. The van der Waals surface area contributed by atoms with E-state index in [1.807, 2.05) is 43.3 Å². The summed E-state index contributed by atoms with van der Waals surface area (Å²) >= 11 is 5.95. The second kappa shape index (κ2) is 7.99. The van der Waals surface area contributed by atoms with Crippen molar-refractivity contribution in [2.45, 2.75) is 16.7 Å². The minimum Gasteiger partial charge on any atom is -0.382 e. The lowest BCUT2D eigenvalue weighted by Gasteiger charge is -2.05. The Morgan fingerprint density at radius 1 is 0.939 bits per heavy atom. The summed E-state index contributed by atoms with van der Waals surface area (Å²) in [5.74, 6) is -0.0694. The average molecular weight is 476 g/mol. The van der Waals surface area contributed by atoms with Crippen LogP contribution in [0.25, 0.3) is 22.2 Å². The number of rotatable bonds is 4. The number of anilines is 1. The summed E-state index contributed by atoms with van der Waals surface area (Å²) < 4.78 is 28.5. The van der Waals surface area contributed by atoms with Crippen molar-refractivity contribution in [3.63, 3.8) is 0 Å². The van der Waals surface area contributed by atoms with Crippen molar-refractivity contribution in [2.24, 2.45) is 5.10 Å².